The zero-order valence-electron chi connectivity index (χ0n) is 9.84. The van der Waals surface area contributed by atoms with Crippen LogP contribution in [0.5, 0.6) is 0 Å². The lowest BCUT2D eigenvalue weighted by Gasteiger charge is -2.07. The molecular weight excluding hydrogens is 333 g/mol. The van der Waals surface area contributed by atoms with Crippen LogP contribution in [0.25, 0.3) is 0 Å². The normalized spacial score (nSPS) is 10.1. The molecule has 102 valence electrons. The molecule has 0 saturated carbocycles. The molecule has 0 bridgehead atoms. The van der Waals surface area contributed by atoms with E-state index < -0.39 is 16.8 Å². The SMILES string of the molecule is O=C(Nc1cc([N+](=O)[O-])ccc1Br)c1ccc(F)nc1. The largest absolute Gasteiger partial charge is 0.321 e. The van der Waals surface area contributed by atoms with Gasteiger partial charge in [0.05, 0.1) is 16.2 Å². The first-order valence-electron chi connectivity index (χ1n) is 5.34. The zero-order valence-corrected chi connectivity index (χ0v) is 11.4. The van der Waals surface area contributed by atoms with Gasteiger partial charge in [-0.15, -0.1) is 0 Å². The number of non-ortho nitro benzene ring substituents is 1. The number of anilines is 1. The molecule has 1 aromatic heterocycles. The molecule has 2 aromatic rings. The summed E-state index contributed by atoms with van der Waals surface area (Å²) in [7, 11) is 0. The fourth-order valence-corrected chi connectivity index (χ4v) is 1.77. The molecule has 0 saturated heterocycles. The average Bonchev–Trinajstić information content (AvgIpc) is 2.41. The first-order valence-corrected chi connectivity index (χ1v) is 6.13. The number of nitro groups is 1. The first-order chi connectivity index (χ1) is 9.47. The number of halogens is 2. The van der Waals surface area contributed by atoms with Gasteiger partial charge in [-0.2, -0.15) is 4.39 Å². The predicted molar refractivity (Wildman–Crippen MR) is 72.9 cm³/mol. The highest BCUT2D eigenvalue weighted by Crippen LogP contribution is 2.27. The van der Waals surface area contributed by atoms with Crippen LogP contribution < -0.4 is 5.32 Å². The maximum atomic E-state index is 12.7. The number of aromatic nitrogens is 1. The number of hydrogen-bond donors (Lipinski definition) is 1. The second-order valence-corrected chi connectivity index (χ2v) is 4.60. The average molecular weight is 340 g/mol. The summed E-state index contributed by atoms with van der Waals surface area (Å²) in [6, 6.07) is 6.30. The Morgan fingerprint density at radius 1 is 1.35 bits per heavy atom. The summed E-state index contributed by atoms with van der Waals surface area (Å²) in [6.07, 6.45) is 1.08. The number of amides is 1. The lowest BCUT2D eigenvalue weighted by molar-refractivity contribution is -0.384. The fourth-order valence-electron chi connectivity index (χ4n) is 1.43. The van der Waals surface area contributed by atoms with Crippen molar-refractivity contribution in [1.82, 2.24) is 4.98 Å². The van der Waals surface area contributed by atoms with Crippen molar-refractivity contribution in [3.63, 3.8) is 0 Å². The van der Waals surface area contributed by atoms with Crippen molar-refractivity contribution in [2.24, 2.45) is 0 Å². The minimum atomic E-state index is -0.696. The van der Waals surface area contributed by atoms with Crippen molar-refractivity contribution >= 4 is 33.2 Å². The Morgan fingerprint density at radius 2 is 2.10 bits per heavy atom. The molecule has 8 heteroatoms. The molecule has 0 radical (unpaired) electrons. The van der Waals surface area contributed by atoms with Gasteiger partial charge in [0.25, 0.3) is 11.6 Å². The summed E-state index contributed by atoms with van der Waals surface area (Å²) in [5.74, 6) is -1.24. The summed E-state index contributed by atoms with van der Waals surface area (Å²) in [5.41, 5.74) is 0.235. The number of rotatable bonds is 3. The lowest BCUT2D eigenvalue weighted by atomic mass is 10.2. The highest BCUT2D eigenvalue weighted by atomic mass is 79.9. The highest BCUT2D eigenvalue weighted by molar-refractivity contribution is 9.10. The van der Waals surface area contributed by atoms with E-state index in [9.17, 15) is 19.3 Å². The quantitative estimate of drug-likeness (QED) is 0.528. The fraction of sp³-hybridized carbons (Fsp3) is 0. The molecule has 0 atom stereocenters. The van der Waals surface area contributed by atoms with Crippen LogP contribution in [0.3, 0.4) is 0 Å². The van der Waals surface area contributed by atoms with Gasteiger partial charge in [0.1, 0.15) is 0 Å². The Kier molecular flexibility index (Phi) is 4.04. The van der Waals surface area contributed by atoms with Gasteiger partial charge in [0, 0.05) is 22.8 Å². The maximum Gasteiger partial charge on any atom is 0.271 e. The second kappa shape index (κ2) is 5.74. The van der Waals surface area contributed by atoms with E-state index in [0.29, 0.717) is 4.47 Å². The molecule has 0 unspecified atom stereocenters. The van der Waals surface area contributed by atoms with Crippen LogP contribution in [-0.2, 0) is 0 Å². The van der Waals surface area contributed by atoms with Crippen LogP contribution in [0.15, 0.2) is 41.0 Å². The van der Waals surface area contributed by atoms with E-state index in [4.69, 9.17) is 0 Å². The maximum absolute atomic E-state index is 12.7. The van der Waals surface area contributed by atoms with Crippen LogP contribution in [0.2, 0.25) is 0 Å². The summed E-state index contributed by atoms with van der Waals surface area (Å²) in [4.78, 5) is 25.4. The molecule has 1 N–H and O–H groups in total. The van der Waals surface area contributed by atoms with Gasteiger partial charge < -0.3 is 5.32 Å². The van der Waals surface area contributed by atoms with Crippen LogP contribution in [0, 0.1) is 16.1 Å². The van der Waals surface area contributed by atoms with Gasteiger partial charge in [-0.25, -0.2) is 4.98 Å². The minimum absolute atomic E-state index is 0.143. The van der Waals surface area contributed by atoms with Gasteiger partial charge in [0.15, 0.2) is 0 Å². The standard InChI is InChI=1S/C12H7BrFN3O3/c13-9-3-2-8(17(19)20)5-10(9)16-12(18)7-1-4-11(14)15-6-7/h1-6H,(H,16,18). The van der Waals surface area contributed by atoms with Crippen molar-refractivity contribution in [3.8, 4) is 0 Å². The van der Waals surface area contributed by atoms with Crippen molar-refractivity contribution < 1.29 is 14.1 Å². The summed E-state index contributed by atoms with van der Waals surface area (Å²) in [5, 5.41) is 13.2. The Hall–Kier alpha value is -2.35. The summed E-state index contributed by atoms with van der Waals surface area (Å²) >= 11 is 3.18. The third kappa shape index (κ3) is 3.15. The summed E-state index contributed by atoms with van der Waals surface area (Å²) in [6.45, 7) is 0. The van der Waals surface area contributed by atoms with Gasteiger partial charge in [0.2, 0.25) is 5.95 Å². The second-order valence-electron chi connectivity index (χ2n) is 3.74. The van der Waals surface area contributed by atoms with Gasteiger partial charge >= 0.3 is 0 Å². The molecule has 1 amide bonds. The number of nitro benzene ring substituents is 1. The molecule has 6 nitrogen and oxygen atoms in total. The minimum Gasteiger partial charge on any atom is -0.321 e. The van der Waals surface area contributed by atoms with Crippen LogP contribution in [-0.4, -0.2) is 15.8 Å². The first kappa shape index (κ1) is 14.1. The molecule has 0 aliphatic rings. The van der Waals surface area contributed by atoms with Crippen molar-refractivity contribution in [2.75, 3.05) is 5.32 Å². The molecule has 0 fully saturated rings. The molecule has 2 rings (SSSR count). The van der Waals surface area contributed by atoms with E-state index in [1.807, 2.05) is 0 Å². The Morgan fingerprint density at radius 3 is 2.70 bits per heavy atom. The molecule has 0 aliphatic heterocycles. The van der Waals surface area contributed by atoms with E-state index >= 15 is 0 Å². The van der Waals surface area contributed by atoms with Gasteiger partial charge in [-0.05, 0) is 34.1 Å². The third-order valence-corrected chi connectivity index (χ3v) is 3.09. The highest BCUT2D eigenvalue weighted by Gasteiger charge is 2.13. The lowest BCUT2D eigenvalue weighted by Crippen LogP contribution is -2.13. The number of hydrogen-bond acceptors (Lipinski definition) is 4. The molecule has 1 aromatic carbocycles. The van der Waals surface area contributed by atoms with Gasteiger partial charge in [-0.1, -0.05) is 0 Å². The molecule has 1 heterocycles. The monoisotopic (exact) mass is 339 g/mol. The smallest absolute Gasteiger partial charge is 0.271 e. The number of nitrogens with zero attached hydrogens (tertiary/aromatic N) is 2. The zero-order chi connectivity index (χ0) is 14.7. The van der Waals surface area contributed by atoms with E-state index in [2.05, 4.69) is 26.2 Å². The van der Waals surface area contributed by atoms with E-state index in [1.165, 1.54) is 24.3 Å². The van der Waals surface area contributed by atoms with E-state index in [-0.39, 0.29) is 16.9 Å². The molecule has 20 heavy (non-hydrogen) atoms. The number of benzene rings is 1. The van der Waals surface area contributed by atoms with Gasteiger partial charge in [-0.3, -0.25) is 14.9 Å². The molecule has 0 spiro atoms. The summed E-state index contributed by atoms with van der Waals surface area (Å²) < 4.78 is 13.1. The van der Waals surface area contributed by atoms with Crippen LogP contribution >= 0.6 is 15.9 Å². The topological polar surface area (TPSA) is 85.1 Å². The Bertz CT molecular complexity index is 676. The Labute approximate surface area is 120 Å². The number of carbonyl (C=O) groups is 1. The predicted octanol–water partition coefficient (Wildman–Crippen LogP) is 3.14. The molecule has 0 aliphatic carbocycles. The van der Waals surface area contributed by atoms with Crippen molar-refractivity contribution in [2.45, 2.75) is 0 Å². The Balaban J connectivity index is 2.25. The number of carbonyl (C=O) groups excluding carboxylic acids is 1. The van der Waals surface area contributed by atoms with E-state index in [1.54, 1.807) is 0 Å². The van der Waals surface area contributed by atoms with Crippen molar-refractivity contribution in [3.05, 3.63) is 62.6 Å². The number of nitrogens with one attached hydrogen (secondary N) is 1. The number of pyridine rings is 1. The third-order valence-electron chi connectivity index (χ3n) is 2.40. The molecular formula is C12H7BrFN3O3. The van der Waals surface area contributed by atoms with Crippen molar-refractivity contribution in [1.29, 1.82) is 0 Å². The van der Waals surface area contributed by atoms with Crippen LogP contribution in [0.4, 0.5) is 15.8 Å². The van der Waals surface area contributed by atoms with E-state index in [0.717, 1.165) is 12.3 Å². The van der Waals surface area contributed by atoms with Crippen LogP contribution in [0.1, 0.15) is 10.4 Å².